The Bertz CT molecular complexity index is 118. The van der Waals surface area contributed by atoms with Crippen molar-refractivity contribution in [2.45, 2.75) is 12.5 Å². The third kappa shape index (κ3) is 5.51. The largest absolute Gasteiger partial charge is 0.379 e. The van der Waals surface area contributed by atoms with Gasteiger partial charge < -0.3 is 14.2 Å². The van der Waals surface area contributed by atoms with E-state index in [1.807, 2.05) is 0 Å². The Hall–Kier alpha value is -0.200. The van der Waals surface area contributed by atoms with Gasteiger partial charge >= 0.3 is 0 Å². The lowest BCUT2D eigenvalue weighted by molar-refractivity contribution is -0.304. The van der Waals surface area contributed by atoms with E-state index in [-0.39, 0.29) is 6.10 Å². The minimum atomic E-state index is 0.107. The first-order valence-corrected chi connectivity index (χ1v) is 4.86. The highest BCUT2D eigenvalue weighted by Crippen LogP contribution is 1.99. The fourth-order valence-electron chi connectivity index (χ4n) is 1.10. The van der Waals surface area contributed by atoms with Gasteiger partial charge in [-0.05, 0) is 6.42 Å². The molecule has 84 valence electrons. The van der Waals surface area contributed by atoms with Crippen molar-refractivity contribution in [3.63, 3.8) is 0 Å². The van der Waals surface area contributed by atoms with E-state index in [9.17, 15) is 0 Å². The zero-order valence-corrected chi connectivity index (χ0v) is 8.57. The van der Waals surface area contributed by atoms with Crippen LogP contribution in [0.15, 0.2) is 0 Å². The molecule has 0 aliphatic carbocycles. The highest BCUT2D eigenvalue weighted by Gasteiger charge is 2.08. The maximum absolute atomic E-state index is 5.32. The Labute approximate surface area is 84.1 Å². The summed E-state index contributed by atoms with van der Waals surface area (Å²) in [5.41, 5.74) is 0. The molecule has 0 N–H and O–H groups in total. The molecule has 0 aromatic carbocycles. The van der Waals surface area contributed by atoms with E-state index < -0.39 is 0 Å². The summed E-state index contributed by atoms with van der Waals surface area (Å²) in [5.74, 6) is 0. The SMILES string of the molecule is COC1CCOCCOOCCOC1. The Morgan fingerprint density at radius 3 is 2.36 bits per heavy atom. The molecule has 5 heteroatoms. The molecule has 1 saturated heterocycles. The van der Waals surface area contributed by atoms with Crippen molar-refractivity contribution >= 4 is 0 Å². The summed E-state index contributed by atoms with van der Waals surface area (Å²) < 4.78 is 15.8. The molecular weight excluding hydrogens is 188 g/mol. The van der Waals surface area contributed by atoms with Gasteiger partial charge in [0.1, 0.15) is 13.2 Å². The second-order valence-corrected chi connectivity index (χ2v) is 2.98. The Morgan fingerprint density at radius 2 is 1.64 bits per heavy atom. The Kier molecular flexibility index (Phi) is 6.90. The predicted molar refractivity (Wildman–Crippen MR) is 49.0 cm³/mol. The van der Waals surface area contributed by atoms with Crippen LogP contribution in [0.4, 0.5) is 0 Å². The first-order chi connectivity index (χ1) is 6.93. The van der Waals surface area contributed by atoms with Gasteiger partial charge in [0.05, 0.1) is 25.9 Å². The molecule has 0 bridgehead atoms. The minimum absolute atomic E-state index is 0.107. The number of hydrogen-bond donors (Lipinski definition) is 0. The molecule has 5 nitrogen and oxygen atoms in total. The summed E-state index contributed by atoms with van der Waals surface area (Å²) in [6.45, 7) is 3.21. The van der Waals surface area contributed by atoms with Crippen molar-refractivity contribution in [2.75, 3.05) is 46.8 Å². The zero-order valence-electron chi connectivity index (χ0n) is 8.57. The van der Waals surface area contributed by atoms with Crippen LogP contribution >= 0.6 is 0 Å². The average molecular weight is 206 g/mol. The summed E-state index contributed by atoms with van der Waals surface area (Å²) in [7, 11) is 1.68. The molecule has 1 aliphatic rings. The maximum Gasteiger partial charge on any atom is 0.106 e. The van der Waals surface area contributed by atoms with Crippen LogP contribution in [0, 0.1) is 0 Å². The number of methoxy groups -OCH3 is 1. The third-order valence-corrected chi connectivity index (χ3v) is 1.93. The summed E-state index contributed by atoms with van der Waals surface area (Å²) >= 11 is 0. The van der Waals surface area contributed by atoms with Gasteiger partial charge in [0, 0.05) is 13.7 Å². The molecule has 0 aromatic heterocycles. The lowest BCUT2D eigenvalue weighted by Crippen LogP contribution is -2.23. The van der Waals surface area contributed by atoms with Crippen LogP contribution in [-0.4, -0.2) is 52.9 Å². The van der Waals surface area contributed by atoms with Crippen LogP contribution in [0.1, 0.15) is 6.42 Å². The van der Waals surface area contributed by atoms with Gasteiger partial charge in [-0.15, -0.1) is 0 Å². The van der Waals surface area contributed by atoms with E-state index in [1.165, 1.54) is 0 Å². The van der Waals surface area contributed by atoms with E-state index in [0.717, 1.165) is 6.42 Å². The highest BCUT2D eigenvalue weighted by molar-refractivity contribution is 4.55. The monoisotopic (exact) mass is 206 g/mol. The fourth-order valence-corrected chi connectivity index (χ4v) is 1.10. The van der Waals surface area contributed by atoms with Crippen molar-refractivity contribution < 1.29 is 24.0 Å². The van der Waals surface area contributed by atoms with Gasteiger partial charge in [-0.1, -0.05) is 0 Å². The van der Waals surface area contributed by atoms with E-state index >= 15 is 0 Å². The normalized spacial score (nSPS) is 27.6. The van der Waals surface area contributed by atoms with Gasteiger partial charge in [-0.25, -0.2) is 9.78 Å². The lowest BCUT2D eigenvalue weighted by atomic mass is 10.3. The fraction of sp³-hybridized carbons (Fsp3) is 1.00. The van der Waals surface area contributed by atoms with Crippen LogP contribution in [0.25, 0.3) is 0 Å². The lowest BCUT2D eigenvalue weighted by Gasteiger charge is -2.16. The smallest absolute Gasteiger partial charge is 0.106 e. The topological polar surface area (TPSA) is 46.2 Å². The van der Waals surface area contributed by atoms with Crippen molar-refractivity contribution in [2.24, 2.45) is 0 Å². The van der Waals surface area contributed by atoms with E-state index in [2.05, 4.69) is 0 Å². The summed E-state index contributed by atoms with van der Waals surface area (Å²) in [6.07, 6.45) is 0.951. The third-order valence-electron chi connectivity index (χ3n) is 1.93. The molecule has 1 rings (SSSR count). The van der Waals surface area contributed by atoms with Crippen LogP contribution in [0.2, 0.25) is 0 Å². The number of ether oxygens (including phenoxy) is 3. The predicted octanol–water partition coefficient (Wildman–Crippen LogP) is 0.386. The first-order valence-electron chi connectivity index (χ1n) is 4.86. The molecule has 0 amide bonds. The quantitative estimate of drug-likeness (QED) is 0.581. The molecular formula is C9H18O5. The maximum atomic E-state index is 5.32. The molecule has 1 unspecified atom stereocenters. The minimum Gasteiger partial charge on any atom is -0.379 e. The summed E-state index contributed by atoms with van der Waals surface area (Å²) in [5, 5.41) is 0. The Balaban J connectivity index is 2.17. The molecule has 0 radical (unpaired) electrons. The molecule has 1 heterocycles. The van der Waals surface area contributed by atoms with Crippen LogP contribution in [0.3, 0.4) is 0 Å². The second kappa shape index (κ2) is 8.14. The molecule has 1 aliphatic heterocycles. The van der Waals surface area contributed by atoms with E-state index in [4.69, 9.17) is 24.0 Å². The summed E-state index contributed by atoms with van der Waals surface area (Å²) in [6, 6.07) is 0. The number of hydrogen-bond acceptors (Lipinski definition) is 5. The molecule has 0 saturated carbocycles. The first kappa shape index (κ1) is 11.9. The molecule has 0 aromatic rings. The van der Waals surface area contributed by atoms with Gasteiger partial charge in [0.2, 0.25) is 0 Å². The second-order valence-electron chi connectivity index (χ2n) is 2.98. The Morgan fingerprint density at radius 1 is 0.929 bits per heavy atom. The van der Waals surface area contributed by atoms with Crippen LogP contribution < -0.4 is 0 Å². The van der Waals surface area contributed by atoms with E-state index in [1.54, 1.807) is 7.11 Å². The molecule has 1 atom stereocenters. The van der Waals surface area contributed by atoms with Crippen LogP contribution in [-0.2, 0) is 24.0 Å². The van der Waals surface area contributed by atoms with Crippen molar-refractivity contribution in [1.29, 1.82) is 0 Å². The van der Waals surface area contributed by atoms with E-state index in [0.29, 0.717) is 39.6 Å². The average Bonchev–Trinajstić information content (AvgIpc) is 2.19. The van der Waals surface area contributed by atoms with Gasteiger partial charge in [0.25, 0.3) is 0 Å². The van der Waals surface area contributed by atoms with Crippen molar-refractivity contribution in [3.8, 4) is 0 Å². The summed E-state index contributed by atoms with van der Waals surface area (Å²) in [4.78, 5) is 9.65. The highest BCUT2D eigenvalue weighted by atomic mass is 17.2. The molecule has 14 heavy (non-hydrogen) atoms. The van der Waals surface area contributed by atoms with Gasteiger partial charge in [-0.2, -0.15) is 0 Å². The van der Waals surface area contributed by atoms with Gasteiger partial charge in [0.15, 0.2) is 0 Å². The van der Waals surface area contributed by atoms with Gasteiger partial charge in [-0.3, -0.25) is 0 Å². The molecule has 0 spiro atoms. The zero-order chi connectivity index (χ0) is 10.1. The molecule has 1 fully saturated rings. The van der Waals surface area contributed by atoms with Crippen molar-refractivity contribution in [3.05, 3.63) is 0 Å². The van der Waals surface area contributed by atoms with Crippen LogP contribution in [0.5, 0.6) is 0 Å². The number of rotatable bonds is 1. The standard InChI is InChI=1S/C9H18O5/c1-10-9-2-3-11-4-6-13-14-7-5-12-8-9/h9H,2-8H2,1H3. The van der Waals surface area contributed by atoms with Crippen molar-refractivity contribution in [1.82, 2.24) is 0 Å².